The van der Waals surface area contributed by atoms with E-state index < -0.39 is 27.9 Å². The lowest BCUT2D eigenvalue weighted by molar-refractivity contribution is -0.117. The summed E-state index contributed by atoms with van der Waals surface area (Å²) < 4.78 is 37.9. The topological polar surface area (TPSA) is 111 Å². The summed E-state index contributed by atoms with van der Waals surface area (Å²) in [7, 11) is -3.90. The number of amides is 1. The van der Waals surface area contributed by atoms with Gasteiger partial charge < -0.3 is 14.8 Å². The van der Waals surface area contributed by atoms with Crippen molar-refractivity contribution in [3.8, 4) is 5.75 Å². The van der Waals surface area contributed by atoms with Gasteiger partial charge in [0.15, 0.2) is 0 Å². The van der Waals surface area contributed by atoms with E-state index in [1.54, 1.807) is 32.0 Å². The molecule has 2 N–H and O–H groups in total. The van der Waals surface area contributed by atoms with Crippen LogP contribution >= 0.6 is 0 Å². The number of carbonyl (C=O) groups excluding carboxylic acids is 2. The summed E-state index contributed by atoms with van der Waals surface area (Å²) in [5.41, 5.74) is 1.46. The number of hydrogen-bond acceptors (Lipinski definition) is 6. The van der Waals surface area contributed by atoms with Gasteiger partial charge in [0.2, 0.25) is 15.9 Å². The molecule has 0 fully saturated rings. The Kier molecular flexibility index (Phi) is 7.96. The third-order valence-corrected chi connectivity index (χ3v) is 5.68. The Bertz CT molecular complexity index is 1000. The van der Waals surface area contributed by atoms with Crippen LogP contribution in [0, 0.1) is 6.92 Å². The van der Waals surface area contributed by atoms with Gasteiger partial charge in [-0.05, 0) is 75.7 Å². The minimum Gasteiger partial charge on any atom is -0.494 e. The van der Waals surface area contributed by atoms with Gasteiger partial charge in [-0.25, -0.2) is 13.2 Å². The molecular formula is C21H26N2O6S. The number of aryl methyl sites for hydroxylation is 1. The van der Waals surface area contributed by atoms with Crippen molar-refractivity contribution < 1.29 is 27.5 Å². The number of esters is 1. The third kappa shape index (κ3) is 6.04. The molecule has 0 heterocycles. The zero-order chi connectivity index (χ0) is 22.3. The number of benzene rings is 2. The van der Waals surface area contributed by atoms with E-state index in [-0.39, 0.29) is 11.5 Å². The van der Waals surface area contributed by atoms with E-state index >= 15 is 0 Å². The Labute approximate surface area is 176 Å². The Morgan fingerprint density at radius 2 is 1.70 bits per heavy atom. The number of ether oxygens (including phenoxy) is 2. The molecule has 1 amide bonds. The first-order valence-electron chi connectivity index (χ1n) is 9.51. The van der Waals surface area contributed by atoms with Gasteiger partial charge in [0, 0.05) is 5.69 Å². The summed E-state index contributed by atoms with van der Waals surface area (Å²) in [5.74, 6) is -0.388. The highest BCUT2D eigenvalue weighted by Crippen LogP contribution is 2.22. The molecule has 2 aromatic carbocycles. The summed E-state index contributed by atoms with van der Waals surface area (Å²) >= 11 is 0. The molecule has 0 saturated heterocycles. The predicted molar refractivity (Wildman–Crippen MR) is 113 cm³/mol. The van der Waals surface area contributed by atoms with Crippen molar-refractivity contribution in [2.75, 3.05) is 18.5 Å². The van der Waals surface area contributed by atoms with Crippen LogP contribution < -0.4 is 14.8 Å². The standard InChI is InChI=1S/C21H26N2O6S/c1-5-28-19-12-11-18(13-14(19)3)30(26,27)23-15(4)20(24)22-17-9-7-16(8-10-17)21(25)29-6-2/h7-13,15,23H,5-6H2,1-4H3,(H,22,24)/t15-/m0/s1. The molecule has 9 heteroatoms. The van der Waals surface area contributed by atoms with Crippen LogP contribution in [0.5, 0.6) is 5.75 Å². The highest BCUT2D eigenvalue weighted by Gasteiger charge is 2.23. The highest BCUT2D eigenvalue weighted by atomic mass is 32.2. The number of hydrogen-bond donors (Lipinski definition) is 2. The maximum Gasteiger partial charge on any atom is 0.338 e. The summed E-state index contributed by atoms with van der Waals surface area (Å²) in [6, 6.07) is 9.61. The van der Waals surface area contributed by atoms with E-state index in [4.69, 9.17) is 9.47 Å². The molecule has 0 saturated carbocycles. The lowest BCUT2D eigenvalue weighted by atomic mass is 10.2. The van der Waals surface area contributed by atoms with Gasteiger partial charge in [-0.2, -0.15) is 4.72 Å². The SMILES string of the molecule is CCOC(=O)c1ccc(NC(=O)[C@H](C)NS(=O)(=O)c2ccc(OCC)c(C)c2)cc1. The van der Waals surface area contributed by atoms with Gasteiger partial charge in [-0.15, -0.1) is 0 Å². The van der Waals surface area contributed by atoms with Crippen LogP contribution in [0.25, 0.3) is 0 Å². The van der Waals surface area contributed by atoms with Crippen molar-refractivity contribution >= 4 is 27.6 Å². The molecule has 2 aromatic rings. The van der Waals surface area contributed by atoms with Crippen molar-refractivity contribution in [2.24, 2.45) is 0 Å². The van der Waals surface area contributed by atoms with E-state index in [9.17, 15) is 18.0 Å². The second-order valence-electron chi connectivity index (χ2n) is 6.49. The molecule has 30 heavy (non-hydrogen) atoms. The molecule has 8 nitrogen and oxygen atoms in total. The van der Waals surface area contributed by atoms with Crippen LogP contribution in [0.4, 0.5) is 5.69 Å². The zero-order valence-corrected chi connectivity index (χ0v) is 18.2. The van der Waals surface area contributed by atoms with E-state index in [2.05, 4.69) is 10.0 Å². The lowest BCUT2D eigenvalue weighted by Gasteiger charge is -2.15. The largest absolute Gasteiger partial charge is 0.494 e. The first kappa shape index (κ1) is 23.4. The van der Waals surface area contributed by atoms with Gasteiger partial charge in [0.25, 0.3) is 0 Å². The second-order valence-corrected chi connectivity index (χ2v) is 8.20. The van der Waals surface area contributed by atoms with Gasteiger partial charge >= 0.3 is 5.97 Å². The van der Waals surface area contributed by atoms with Gasteiger partial charge in [0.05, 0.1) is 29.7 Å². The maximum absolute atomic E-state index is 12.6. The normalized spacial score (nSPS) is 12.1. The molecule has 0 spiro atoms. The summed E-state index contributed by atoms with van der Waals surface area (Å²) in [4.78, 5) is 24.1. The molecule has 1 atom stereocenters. The Morgan fingerprint density at radius 3 is 2.27 bits per heavy atom. The van der Waals surface area contributed by atoms with Crippen LogP contribution in [0.2, 0.25) is 0 Å². The first-order valence-corrected chi connectivity index (χ1v) is 11.0. The van der Waals surface area contributed by atoms with Crippen molar-refractivity contribution in [1.82, 2.24) is 4.72 Å². The molecule has 162 valence electrons. The maximum atomic E-state index is 12.6. The zero-order valence-electron chi connectivity index (χ0n) is 17.4. The van der Waals surface area contributed by atoms with Crippen molar-refractivity contribution in [1.29, 1.82) is 0 Å². The van der Waals surface area contributed by atoms with Crippen molar-refractivity contribution in [3.05, 3.63) is 53.6 Å². The molecule has 0 aliphatic heterocycles. The molecule has 0 aliphatic rings. The molecule has 2 rings (SSSR count). The molecule has 0 aliphatic carbocycles. The average Bonchev–Trinajstić information content (AvgIpc) is 2.70. The quantitative estimate of drug-likeness (QED) is 0.587. The van der Waals surface area contributed by atoms with E-state index in [1.165, 1.54) is 31.2 Å². The van der Waals surface area contributed by atoms with E-state index in [0.717, 1.165) is 0 Å². The summed E-state index contributed by atoms with van der Waals surface area (Å²) in [6.45, 7) is 7.49. The monoisotopic (exact) mass is 434 g/mol. The Morgan fingerprint density at radius 1 is 1.03 bits per heavy atom. The number of carbonyl (C=O) groups is 2. The fraction of sp³-hybridized carbons (Fsp3) is 0.333. The molecule has 0 radical (unpaired) electrons. The molecule has 0 unspecified atom stereocenters. The van der Waals surface area contributed by atoms with E-state index in [1.807, 2.05) is 6.92 Å². The predicted octanol–water partition coefficient (Wildman–Crippen LogP) is 2.88. The van der Waals surface area contributed by atoms with Crippen molar-refractivity contribution in [3.63, 3.8) is 0 Å². The fourth-order valence-electron chi connectivity index (χ4n) is 2.62. The van der Waals surface area contributed by atoms with Crippen LogP contribution in [0.3, 0.4) is 0 Å². The van der Waals surface area contributed by atoms with E-state index in [0.29, 0.717) is 29.2 Å². The molecular weight excluding hydrogens is 408 g/mol. The smallest absolute Gasteiger partial charge is 0.338 e. The Hall–Kier alpha value is -2.91. The number of anilines is 1. The molecule has 0 bridgehead atoms. The Balaban J connectivity index is 2.04. The van der Waals surface area contributed by atoms with Crippen LogP contribution in [0.15, 0.2) is 47.4 Å². The lowest BCUT2D eigenvalue weighted by Crippen LogP contribution is -2.41. The average molecular weight is 435 g/mol. The summed E-state index contributed by atoms with van der Waals surface area (Å²) in [6.07, 6.45) is 0. The number of nitrogens with one attached hydrogen (secondary N) is 2. The highest BCUT2D eigenvalue weighted by molar-refractivity contribution is 7.89. The minimum absolute atomic E-state index is 0.0434. The fourth-order valence-corrected chi connectivity index (χ4v) is 3.90. The first-order chi connectivity index (χ1) is 14.2. The van der Waals surface area contributed by atoms with Gasteiger partial charge in [0.1, 0.15) is 5.75 Å². The van der Waals surface area contributed by atoms with Crippen molar-refractivity contribution in [2.45, 2.75) is 38.6 Å². The number of sulfonamides is 1. The third-order valence-electron chi connectivity index (χ3n) is 4.15. The van der Waals surface area contributed by atoms with Crippen LogP contribution in [0.1, 0.15) is 36.7 Å². The van der Waals surface area contributed by atoms with Gasteiger partial charge in [-0.3, -0.25) is 4.79 Å². The number of rotatable bonds is 9. The minimum atomic E-state index is -3.90. The second kappa shape index (κ2) is 10.2. The van der Waals surface area contributed by atoms with Crippen LogP contribution in [-0.2, 0) is 19.6 Å². The van der Waals surface area contributed by atoms with Crippen LogP contribution in [-0.4, -0.2) is 39.5 Å². The summed E-state index contributed by atoms with van der Waals surface area (Å²) in [5, 5.41) is 2.61. The van der Waals surface area contributed by atoms with Gasteiger partial charge in [-0.1, -0.05) is 0 Å². The molecule has 0 aromatic heterocycles.